The summed E-state index contributed by atoms with van der Waals surface area (Å²) in [7, 11) is 0. The van der Waals surface area contributed by atoms with Gasteiger partial charge in [0.05, 0.1) is 13.2 Å². The second-order valence-corrected chi connectivity index (χ2v) is 4.87. The maximum Gasteiger partial charge on any atom is 0.122 e. The van der Waals surface area contributed by atoms with Gasteiger partial charge in [0.1, 0.15) is 5.75 Å². The first-order chi connectivity index (χ1) is 9.20. The van der Waals surface area contributed by atoms with Gasteiger partial charge < -0.3 is 9.84 Å². The van der Waals surface area contributed by atoms with Crippen molar-refractivity contribution in [2.45, 2.75) is 19.8 Å². The van der Waals surface area contributed by atoms with Gasteiger partial charge in [0, 0.05) is 5.92 Å². The van der Waals surface area contributed by atoms with Gasteiger partial charge in [-0.25, -0.2) is 0 Å². The summed E-state index contributed by atoms with van der Waals surface area (Å²) in [6, 6.07) is 16.2. The fourth-order valence-electron chi connectivity index (χ4n) is 2.00. The van der Waals surface area contributed by atoms with Crippen molar-refractivity contribution in [2.24, 2.45) is 0 Å². The molecule has 0 saturated heterocycles. The molecule has 1 N–H and O–H groups in total. The Hall–Kier alpha value is -1.80. The third kappa shape index (κ3) is 3.58. The molecule has 19 heavy (non-hydrogen) atoms. The Morgan fingerprint density at radius 3 is 2.32 bits per heavy atom. The Morgan fingerprint density at radius 2 is 1.68 bits per heavy atom. The highest BCUT2D eigenvalue weighted by Crippen LogP contribution is 2.21. The van der Waals surface area contributed by atoms with Gasteiger partial charge in [-0.1, -0.05) is 48.0 Å². The van der Waals surface area contributed by atoms with E-state index in [0.717, 1.165) is 16.9 Å². The molecule has 0 aromatic heterocycles. The van der Waals surface area contributed by atoms with E-state index in [0.29, 0.717) is 6.61 Å². The predicted octanol–water partition coefficient (Wildman–Crippen LogP) is 3.46. The Morgan fingerprint density at radius 1 is 1.00 bits per heavy atom. The molecule has 0 heterocycles. The monoisotopic (exact) mass is 256 g/mol. The van der Waals surface area contributed by atoms with Crippen LogP contribution < -0.4 is 4.74 Å². The minimum absolute atomic E-state index is 0.0141. The van der Waals surface area contributed by atoms with Gasteiger partial charge in [0.25, 0.3) is 0 Å². The van der Waals surface area contributed by atoms with E-state index in [9.17, 15) is 5.11 Å². The molecule has 0 spiro atoms. The summed E-state index contributed by atoms with van der Waals surface area (Å²) in [5.41, 5.74) is 3.45. The summed E-state index contributed by atoms with van der Waals surface area (Å²) in [5, 5.41) is 9.52. The van der Waals surface area contributed by atoms with Gasteiger partial charge in [-0.15, -0.1) is 0 Å². The van der Waals surface area contributed by atoms with Gasteiger partial charge in [-0.2, -0.15) is 0 Å². The lowest BCUT2D eigenvalue weighted by Gasteiger charge is -2.17. The molecule has 0 aliphatic carbocycles. The molecule has 2 rings (SSSR count). The van der Waals surface area contributed by atoms with Gasteiger partial charge in [0.15, 0.2) is 0 Å². The van der Waals surface area contributed by atoms with Gasteiger partial charge in [-0.3, -0.25) is 0 Å². The summed E-state index contributed by atoms with van der Waals surface area (Å²) in [6.07, 6.45) is 0. The summed E-state index contributed by atoms with van der Waals surface area (Å²) < 4.78 is 5.81. The van der Waals surface area contributed by atoms with Crippen molar-refractivity contribution in [3.63, 3.8) is 0 Å². The van der Waals surface area contributed by atoms with Crippen LogP contribution in [0.3, 0.4) is 0 Å². The van der Waals surface area contributed by atoms with Crippen molar-refractivity contribution in [1.82, 2.24) is 0 Å². The number of rotatable bonds is 5. The topological polar surface area (TPSA) is 29.5 Å². The molecule has 1 atom stereocenters. The Bertz CT molecular complexity index is 517. The standard InChI is InChI=1S/C17H20O2/c1-13-7-9-15(10-8-13)16(11-18)12-19-17-6-4-3-5-14(17)2/h3-10,16,18H,11-12H2,1-2H3. The van der Waals surface area contributed by atoms with Crippen LogP contribution in [-0.2, 0) is 0 Å². The Labute approximate surface area is 114 Å². The maximum absolute atomic E-state index is 9.52. The molecule has 2 aromatic rings. The van der Waals surface area contributed by atoms with E-state index in [1.165, 1.54) is 5.56 Å². The molecule has 2 nitrogen and oxygen atoms in total. The average Bonchev–Trinajstić information content (AvgIpc) is 2.43. The quantitative estimate of drug-likeness (QED) is 0.887. The fraction of sp³-hybridized carbons (Fsp3) is 0.294. The zero-order valence-corrected chi connectivity index (χ0v) is 11.5. The molecule has 0 fully saturated rings. The number of hydrogen-bond donors (Lipinski definition) is 1. The molecule has 2 heteroatoms. The number of benzene rings is 2. The third-order valence-corrected chi connectivity index (χ3v) is 3.30. The Kier molecular flexibility index (Phi) is 4.58. The van der Waals surface area contributed by atoms with Crippen molar-refractivity contribution >= 4 is 0 Å². The molecule has 0 radical (unpaired) electrons. The van der Waals surface area contributed by atoms with Crippen LogP contribution in [0.15, 0.2) is 48.5 Å². The van der Waals surface area contributed by atoms with E-state index < -0.39 is 0 Å². The molecular weight excluding hydrogens is 236 g/mol. The van der Waals surface area contributed by atoms with Crippen LogP contribution in [-0.4, -0.2) is 18.3 Å². The van der Waals surface area contributed by atoms with E-state index in [2.05, 4.69) is 31.2 Å². The van der Waals surface area contributed by atoms with Crippen molar-refractivity contribution in [3.05, 3.63) is 65.2 Å². The van der Waals surface area contributed by atoms with Crippen molar-refractivity contribution in [2.75, 3.05) is 13.2 Å². The number of aryl methyl sites for hydroxylation is 2. The smallest absolute Gasteiger partial charge is 0.122 e. The van der Waals surface area contributed by atoms with Crippen molar-refractivity contribution in [1.29, 1.82) is 0 Å². The lowest BCUT2D eigenvalue weighted by atomic mass is 10.00. The van der Waals surface area contributed by atoms with Gasteiger partial charge in [0.2, 0.25) is 0 Å². The second-order valence-electron chi connectivity index (χ2n) is 4.87. The number of ether oxygens (including phenoxy) is 1. The van der Waals surface area contributed by atoms with Crippen LogP contribution in [0.5, 0.6) is 5.75 Å². The van der Waals surface area contributed by atoms with E-state index in [1.54, 1.807) is 0 Å². The molecule has 2 aromatic carbocycles. The highest BCUT2D eigenvalue weighted by molar-refractivity contribution is 5.32. The van der Waals surface area contributed by atoms with E-state index in [4.69, 9.17) is 4.74 Å². The maximum atomic E-state index is 9.52. The van der Waals surface area contributed by atoms with E-state index in [1.807, 2.05) is 31.2 Å². The zero-order chi connectivity index (χ0) is 13.7. The Balaban J connectivity index is 2.04. The van der Waals surface area contributed by atoms with Gasteiger partial charge >= 0.3 is 0 Å². The first-order valence-corrected chi connectivity index (χ1v) is 6.56. The van der Waals surface area contributed by atoms with Crippen molar-refractivity contribution in [3.8, 4) is 5.75 Å². The number of hydrogen-bond acceptors (Lipinski definition) is 2. The number of aliphatic hydroxyl groups excluding tert-OH is 1. The fourth-order valence-corrected chi connectivity index (χ4v) is 2.00. The molecule has 100 valence electrons. The lowest BCUT2D eigenvalue weighted by Crippen LogP contribution is -2.14. The molecule has 0 aliphatic rings. The van der Waals surface area contributed by atoms with Crippen LogP contribution >= 0.6 is 0 Å². The molecular formula is C17H20O2. The van der Waals surface area contributed by atoms with E-state index in [-0.39, 0.29) is 12.5 Å². The molecule has 1 unspecified atom stereocenters. The number of para-hydroxylation sites is 1. The molecule has 0 bridgehead atoms. The third-order valence-electron chi connectivity index (χ3n) is 3.30. The lowest BCUT2D eigenvalue weighted by molar-refractivity contribution is 0.204. The SMILES string of the molecule is Cc1ccc(C(CO)COc2ccccc2C)cc1. The minimum Gasteiger partial charge on any atom is -0.493 e. The van der Waals surface area contributed by atoms with Crippen LogP contribution in [0.4, 0.5) is 0 Å². The summed E-state index contributed by atoms with van der Waals surface area (Å²) in [6.45, 7) is 4.66. The van der Waals surface area contributed by atoms with Crippen LogP contribution in [0.25, 0.3) is 0 Å². The van der Waals surface area contributed by atoms with E-state index >= 15 is 0 Å². The zero-order valence-electron chi connectivity index (χ0n) is 11.5. The highest BCUT2D eigenvalue weighted by Gasteiger charge is 2.11. The molecule has 0 aliphatic heterocycles. The molecule has 0 saturated carbocycles. The summed E-state index contributed by atoms with van der Waals surface area (Å²) in [5.74, 6) is 0.897. The summed E-state index contributed by atoms with van der Waals surface area (Å²) in [4.78, 5) is 0. The first-order valence-electron chi connectivity index (χ1n) is 6.56. The second kappa shape index (κ2) is 6.39. The van der Waals surface area contributed by atoms with Gasteiger partial charge in [-0.05, 0) is 31.0 Å². The van der Waals surface area contributed by atoms with Crippen LogP contribution in [0.2, 0.25) is 0 Å². The minimum atomic E-state index is 0.0141. The predicted molar refractivity (Wildman–Crippen MR) is 77.7 cm³/mol. The van der Waals surface area contributed by atoms with Crippen LogP contribution in [0.1, 0.15) is 22.6 Å². The highest BCUT2D eigenvalue weighted by atomic mass is 16.5. The molecule has 0 amide bonds. The van der Waals surface area contributed by atoms with Crippen molar-refractivity contribution < 1.29 is 9.84 Å². The number of aliphatic hydroxyl groups is 1. The largest absolute Gasteiger partial charge is 0.493 e. The normalized spacial score (nSPS) is 12.2. The summed E-state index contributed by atoms with van der Waals surface area (Å²) >= 11 is 0. The average molecular weight is 256 g/mol. The van der Waals surface area contributed by atoms with Crippen LogP contribution in [0, 0.1) is 13.8 Å². The first kappa shape index (κ1) is 13.6.